The standard InChI is InChI=1S/C25H24FN5O/c26-19-7-3-5-16(11-19)21-14-29-25(27)30-24(21)17-6-4-10-31(15-17)23(32)12-18-13-28-22-9-2-1-8-20(18)22/h1-3,5,7-9,11,13-14,17,28H,4,6,10,12,15H2,(H2,27,29,30)/t17-/m0/s1. The number of rotatable bonds is 4. The molecule has 0 bridgehead atoms. The molecule has 3 heterocycles. The summed E-state index contributed by atoms with van der Waals surface area (Å²) in [7, 11) is 0. The molecule has 1 fully saturated rings. The number of H-pyrrole nitrogens is 1. The Morgan fingerprint density at radius 3 is 2.97 bits per heavy atom. The zero-order chi connectivity index (χ0) is 22.1. The van der Waals surface area contributed by atoms with Crippen molar-refractivity contribution in [2.45, 2.75) is 25.2 Å². The zero-order valence-corrected chi connectivity index (χ0v) is 17.6. The maximum atomic E-state index is 13.8. The maximum absolute atomic E-state index is 13.8. The Bertz CT molecular complexity index is 1280. The molecule has 1 amide bonds. The van der Waals surface area contributed by atoms with Crippen LogP contribution in [0.1, 0.15) is 30.0 Å². The molecule has 1 aliphatic rings. The monoisotopic (exact) mass is 429 g/mol. The molecular formula is C25H24FN5O. The summed E-state index contributed by atoms with van der Waals surface area (Å²) in [5.74, 6) is -0.0279. The molecule has 0 unspecified atom stereocenters. The van der Waals surface area contributed by atoms with Crippen LogP contribution in [0.15, 0.2) is 60.9 Å². The number of anilines is 1. The number of aromatic nitrogens is 3. The molecule has 2 aromatic carbocycles. The number of nitrogens with zero attached hydrogens (tertiary/aromatic N) is 3. The summed E-state index contributed by atoms with van der Waals surface area (Å²) >= 11 is 0. The fourth-order valence-electron chi connectivity index (χ4n) is 4.58. The van der Waals surface area contributed by atoms with Crippen LogP contribution in [0.25, 0.3) is 22.0 Å². The first kappa shape index (κ1) is 20.2. The highest BCUT2D eigenvalue weighted by Gasteiger charge is 2.28. The summed E-state index contributed by atoms with van der Waals surface area (Å²) in [5.41, 5.74) is 10.2. The van der Waals surface area contributed by atoms with Gasteiger partial charge in [0.25, 0.3) is 0 Å². The zero-order valence-electron chi connectivity index (χ0n) is 17.6. The van der Waals surface area contributed by atoms with Gasteiger partial charge in [0, 0.05) is 47.9 Å². The van der Waals surface area contributed by atoms with E-state index in [1.807, 2.05) is 41.4 Å². The van der Waals surface area contributed by atoms with Crippen molar-refractivity contribution in [1.29, 1.82) is 0 Å². The number of halogens is 1. The SMILES string of the molecule is Nc1ncc(-c2cccc(F)c2)c([C@H]2CCCN(C(=O)Cc3c[nH]c4ccccc34)C2)n1. The van der Waals surface area contributed by atoms with Gasteiger partial charge in [-0.05, 0) is 42.2 Å². The minimum atomic E-state index is -0.315. The number of aromatic amines is 1. The molecule has 0 radical (unpaired) electrons. The Morgan fingerprint density at radius 2 is 2.09 bits per heavy atom. The highest BCUT2D eigenvalue weighted by Crippen LogP contribution is 2.34. The number of benzene rings is 2. The number of likely N-dealkylation sites (tertiary alicyclic amines) is 1. The highest BCUT2D eigenvalue weighted by atomic mass is 19.1. The molecule has 3 N–H and O–H groups in total. The average Bonchev–Trinajstić information content (AvgIpc) is 3.22. The van der Waals surface area contributed by atoms with Gasteiger partial charge < -0.3 is 15.6 Å². The van der Waals surface area contributed by atoms with Crippen LogP contribution in [0, 0.1) is 5.82 Å². The fourth-order valence-corrected chi connectivity index (χ4v) is 4.58. The van der Waals surface area contributed by atoms with E-state index in [4.69, 9.17) is 5.73 Å². The van der Waals surface area contributed by atoms with Crippen LogP contribution >= 0.6 is 0 Å². The minimum Gasteiger partial charge on any atom is -0.368 e. The van der Waals surface area contributed by atoms with Crippen molar-refractivity contribution in [2.24, 2.45) is 0 Å². The summed E-state index contributed by atoms with van der Waals surface area (Å²) in [4.78, 5) is 26.9. The molecule has 6 nitrogen and oxygen atoms in total. The van der Waals surface area contributed by atoms with Gasteiger partial charge in [-0.3, -0.25) is 4.79 Å². The lowest BCUT2D eigenvalue weighted by atomic mass is 9.89. The number of carbonyl (C=O) groups excluding carboxylic acids is 1. The van der Waals surface area contributed by atoms with Gasteiger partial charge in [0.1, 0.15) is 5.82 Å². The molecule has 0 aliphatic carbocycles. The third-order valence-electron chi connectivity index (χ3n) is 6.15. The molecule has 0 saturated carbocycles. The number of nitrogen functional groups attached to an aromatic ring is 1. The van der Waals surface area contributed by atoms with Crippen LogP contribution in [0.3, 0.4) is 0 Å². The van der Waals surface area contributed by atoms with Crippen LogP contribution in [-0.2, 0) is 11.2 Å². The lowest BCUT2D eigenvalue weighted by molar-refractivity contribution is -0.131. The van der Waals surface area contributed by atoms with Gasteiger partial charge in [-0.15, -0.1) is 0 Å². The molecule has 1 atom stereocenters. The Labute approximate surface area is 185 Å². The quantitative estimate of drug-likeness (QED) is 0.506. The number of nitrogens with two attached hydrogens (primary N) is 1. The second kappa shape index (κ2) is 8.42. The van der Waals surface area contributed by atoms with Crippen molar-refractivity contribution in [3.8, 4) is 11.1 Å². The van der Waals surface area contributed by atoms with Gasteiger partial charge in [0.05, 0.1) is 12.1 Å². The van der Waals surface area contributed by atoms with E-state index in [-0.39, 0.29) is 23.6 Å². The number of hydrogen-bond acceptors (Lipinski definition) is 4. The minimum absolute atomic E-state index is 0.0132. The molecule has 4 aromatic rings. The van der Waals surface area contributed by atoms with E-state index in [1.165, 1.54) is 12.1 Å². The first-order valence-electron chi connectivity index (χ1n) is 10.8. The third kappa shape index (κ3) is 3.93. The summed E-state index contributed by atoms with van der Waals surface area (Å²) in [6.45, 7) is 1.27. The van der Waals surface area contributed by atoms with Crippen molar-refractivity contribution in [2.75, 3.05) is 18.8 Å². The average molecular weight is 429 g/mol. The van der Waals surface area contributed by atoms with Crippen molar-refractivity contribution in [3.05, 3.63) is 78.0 Å². The van der Waals surface area contributed by atoms with E-state index in [2.05, 4.69) is 15.0 Å². The van der Waals surface area contributed by atoms with Crippen LogP contribution in [0.5, 0.6) is 0 Å². The van der Waals surface area contributed by atoms with Crippen LogP contribution < -0.4 is 5.73 Å². The summed E-state index contributed by atoms with van der Waals surface area (Å²) in [6.07, 6.45) is 5.67. The maximum Gasteiger partial charge on any atom is 0.227 e. The van der Waals surface area contributed by atoms with Crippen LogP contribution in [0.2, 0.25) is 0 Å². The molecule has 0 spiro atoms. The highest BCUT2D eigenvalue weighted by molar-refractivity contribution is 5.89. The Hall–Kier alpha value is -3.74. The topological polar surface area (TPSA) is 87.9 Å². The Morgan fingerprint density at radius 1 is 1.22 bits per heavy atom. The molecule has 2 aromatic heterocycles. The predicted octanol–water partition coefficient (Wildman–Crippen LogP) is 4.29. The second-order valence-electron chi connectivity index (χ2n) is 8.25. The Balaban J connectivity index is 1.39. The summed E-state index contributed by atoms with van der Waals surface area (Å²) in [5, 5.41) is 1.08. The van der Waals surface area contributed by atoms with Gasteiger partial charge in [0.2, 0.25) is 11.9 Å². The number of piperidine rings is 1. The Kier molecular flexibility index (Phi) is 5.31. The number of fused-ring (bicyclic) bond motifs is 1. The summed E-state index contributed by atoms with van der Waals surface area (Å²) in [6, 6.07) is 14.4. The van der Waals surface area contributed by atoms with Gasteiger partial charge >= 0.3 is 0 Å². The number of amides is 1. The second-order valence-corrected chi connectivity index (χ2v) is 8.25. The number of nitrogens with one attached hydrogen (secondary N) is 1. The lowest BCUT2D eigenvalue weighted by Crippen LogP contribution is -2.40. The molecule has 32 heavy (non-hydrogen) atoms. The largest absolute Gasteiger partial charge is 0.368 e. The molecule has 162 valence electrons. The molecular weight excluding hydrogens is 405 g/mol. The van der Waals surface area contributed by atoms with Crippen LogP contribution in [-0.4, -0.2) is 38.8 Å². The van der Waals surface area contributed by atoms with Crippen molar-refractivity contribution in [1.82, 2.24) is 19.9 Å². The lowest BCUT2D eigenvalue weighted by Gasteiger charge is -2.33. The van der Waals surface area contributed by atoms with Gasteiger partial charge in [0.15, 0.2) is 0 Å². The van der Waals surface area contributed by atoms with Gasteiger partial charge in [-0.25, -0.2) is 14.4 Å². The molecule has 5 rings (SSSR count). The summed E-state index contributed by atoms with van der Waals surface area (Å²) < 4.78 is 13.8. The molecule has 7 heteroatoms. The van der Waals surface area contributed by atoms with Gasteiger partial charge in [-0.1, -0.05) is 30.3 Å². The first-order chi connectivity index (χ1) is 15.6. The fraction of sp³-hybridized carbons (Fsp3) is 0.240. The van der Waals surface area contributed by atoms with Crippen molar-refractivity contribution < 1.29 is 9.18 Å². The number of hydrogen-bond donors (Lipinski definition) is 2. The van der Waals surface area contributed by atoms with E-state index >= 15 is 0 Å². The van der Waals surface area contributed by atoms with E-state index in [9.17, 15) is 9.18 Å². The van der Waals surface area contributed by atoms with Crippen LogP contribution in [0.4, 0.5) is 10.3 Å². The first-order valence-corrected chi connectivity index (χ1v) is 10.8. The number of carbonyl (C=O) groups is 1. The van der Waals surface area contributed by atoms with E-state index in [0.29, 0.717) is 25.1 Å². The van der Waals surface area contributed by atoms with Gasteiger partial charge in [-0.2, -0.15) is 0 Å². The smallest absolute Gasteiger partial charge is 0.227 e. The normalized spacial score (nSPS) is 16.4. The predicted molar refractivity (Wildman–Crippen MR) is 122 cm³/mol. The van der Waals surface area contributed by atoms with Crippen molar-refractivity contribution >= 4 is 22.8 Å². The van der Waals surface area contributed by atoms with E-state index in [0.717, 1.165) is 40.6 Å². The molecule has 1 saturated heterocycles. The molecule has 1 aliphatic heterocycles. The van der Waals surface area contributed by atoms with Crippen molar-refractivity contribution in [3.63, 3.8) is 0 Å². The van der Waals surface area contributed by atoms with E-state index < -0.39 is 0 Å². The van der Waals surface area contributed by atoms with E-state index in [1.54, 1.807) is 12.3 Å². The number of para-hydroxylation sites is 1. The third-order valence-corrected chi connectivity index (χ3v) is 6.15.